The van der Waals surface area contributed by atoms with Gasteiger partial charge in [-0.3, -0.25) is 9.36 Å². The molecule has 1 aromatic heterocycles. The maximum Gasteiger partial charge on any atom is 0.271 e. The molecule has 6 aromatic rings. The van der Waals surface area contributed by atoms with Crippen molar-refractivity contribution in [3.63, 3.8) is 0 Å². The molecule has 0 saturated heterocycles. The summed E-state index contributed by atoms with van der Waals surface area (Å²) in [6.45, 7) is 0.405. The third kappa shape index (κ3) is 5.33. The van der Waals surface area contributed by atoms with Gasteiger partial charge < -0.3 is 14.2 Å². The number of halogens is 1. The lowest BCUT2D eigenvalue weighted by Crippen LogP contribution is -2.39. The van der Waals surface area contributed by atoms with Crippen LogP contribution in [0.3, 0.4) is 0 Å². The average molecular weight is 763 g/mol. The number of allylic oxidation sites excluding steroid dienone is 1. The van der Waals surface area contributed by atoms with Crippen molar-refractivity contribution < 1.29 is 14.2 Å². The molecule has 8 rings (SSSR count). The predicted octanol–water partition coefficient (Wildman–Crippen LogP) is 7.67. The first kappa shape index (κ1) is 30.7. The van der Waals surface area contributed by atoms with Crippen LogP contribution in [0.2, 0.25) is 0 Å². The molecule has 1 aliphatic carbocycles. The Morgan fingerprint density at radius 1 is 0.896 bits per heavy atom. The van der Waals surface area contributed by atoms with Gasteiger partial charge in [0, 0.05) is 11.1 Å². The number of benzene rings is 5. The summed E-state index contributed by atoms with van der Waals surface area (Å²) in [5.41, 5.74) is 7.35. The minimum atomic E-state index is -0.317. The van der Waals surface area contributed by atoms with E-state index in [-0.39, 0.29) is 11.6 Å². The minimum absolute atomic E-state index is 0.0784. The fourth-order valence-corrected chi connectivity index (χ4v) is 8.66. The summed E-state index contributed by atoms with van der Waals surface area (Å²) >= 11 is 3.69. The number of para-hydroxylation sites is 1. The maximum absolute atomic E-state index is 14.4. The molecular formula is C40H31IN2O4S. The van der Waals surface area contributed by atoms with Crippen LogP contribution in [0, 0.1) is 3.57 Å². The van der Waals surface area contributed by atoms with Crippen molar-refractivity contribution in [3.8, 4) is 17.2 Å². The topological polar surface area (TPSA) is 62.0 Å². The molecule has 8 heteroatoms. The monoisotopic (exact) mass is 762 g/mol. The van der Waals surface area contributed by atoms with E-state index in [2.05, 4.69) is 83.3 Å². The molecule has 0 radical (unpaired) electrons. The van der Waals surface area contributed by atoms with E-state index in [9.17, 15) is 4.79 Å². The van der Waals surface area contributed by atoms with E-state index in [1.807, 2.05) is 53.1 Å². The van der Waals surface area contributed by atoms with Gasteiger partial charge in [0.25, 0.3) is 5.56 Å². The summed E-state index contributed by atoms with van der Waals surface area (Å²) in [6, 6.07) is 34.6. The first-order chi connectivity index (χ1) is 23.5. The largest absolute Gasteiger partial charge is 0.496 e. The van der Waals surface area contributed by atoms with Gasteiger partial charge in [0.15, 0.2) is 16.3 Å². The molecule has 0 amide bonds. The zero-order chi connectivity index (χ0) is 32.8. The van der Waals surface area contributed by atoms with E-state index in [0.717, 1.165) is 61.1 Å². The van der Waals surface area contributed by atoms with Crippen LogP contribution < -0.4 is 29.1 Å². The molecule has 0 spiro atoms. The van der Waals surface area contributed by atoms with Gasteiger partial charge in [-0.1, -0.05) is 96.3 Å². The van der Waals surface area contributed by atoms with E-state index in [1.165, 1.54) is 22.3 Å². The van der Waals surface area contributed by atoms with E-state index in [4.69, 9.17) is 19.2 Å². The van der Waals surface area contributed by atoms with Crippen LogP contribution >= 0.6 is 33.9 Å². The summed E-state index contributed by atoms with van der Waals surface area (Å²) in [5.74, 6) is 2.04. The maximum atomic E-state index is 14.4. The zero-order valence-electron chi connectivity index (χ0n) is 26.4. The average Bonchev–Trinajstić information content (AvgIpc) is 3.43. The molecule has 6 nitrogen and oxygen atoms in total. The van der Waals surface area contributed by atoms with Crippen LogP contribution in [0.4, 0.5) is 0 Å². The van der Waals surface area contributed by atoms with Gasteiger partial charge in [-0.05, 0) is 92.7 Å². The molecular weight excluding hydrogens is 731 g/mol. The Morgan fingerprint density at radius 2 is 1.67 bits per heavy atom. The summed E-state index contributed by atoms with van der Waals surface area (Å²) < 4.78 is 21.4. The minimum Gasteiger partial charge on any atom is -0.496 e. The van der Waals surface area contributed by atoms with Crippen molar-refractivity contribution in [2.45, 2.75) is 25.5 Å². The van der Waals surface area contributed by atoms with E-state index < -0.39 is 0 Å². The van der Waals surface area contributed by atoms with E-state index in [1.54, 1.807) is 14.2 Å². The second-order valence-corrected chi connectivity index (χ2v) is 14.0. The summed E-state index contributed by atoms with van der Waals surface area (Å²) in [6.07, 6.45) is 3.64. The van der Waals surface area contributed by atoms with Gasteiger partial charge in [-0.2, -0.15) is 0 Å². The van der Waals surface area contributed by atoms with Crippen molar-refractivity contribution >= 4 is 56.5 Å². The Morgan fingerprint density at radius 3 is 2.54 bits per heavy atom. The Labute approximate surface area is 295 Å². The number of aryl methyl sites for hydroxylation is 1. The number of nitrogens with zero attached hydrogens (tertiary/aromatic N) is 2. The van der Waals surface area contributed by atoms with Crippen LogP contribution in [-0.4, -0.2) is 18.8 Å². The Kier molecular flexibility index (Phi) is 8.14. The smallest absolute Gasteiger partial charge is 0.271 e. The molecule has 2 aliphatic rings. The van der Waals surface area contributed by atoms with Gasteiger partial charge in [0.05, 0.1) is 34.1 Å². The van der Waals surface area contributed by atoms with Gasteiger partial charge in [-0.25, -0.2) is 4.99 Å². The number of thiazole rings is 1. The summed E-state index contributed by atoms with van der Waals surface area (Å²) in [4.78, 5) is 20.2. The first-order valence-electron chi connectivity index (χ1n) is 15.8. The predicted molar refractivity (Wildman–Crippen MR) is 200 cm³/mol. The van der Waals surface area contributed by atoms with Crippen molar-refractivity contribution in [2.24, 2.45) is 4.99 Å². The number of hydrogen-bond acceptors (Lipinski definition) is 6. The molecule has 5 aromatic carbocycles. The van der Waals surface area contributed by atoms with Crippen molar-refractivity contribution in [1.29, 1.82) is 0 Å². The Balaban J connectivity index is 1.22. The van der Waals surface area contributed by atoms with Gasteiger partial charge in [-0.15, -0.1) is 0 Å². The van der Waals surface area contributed by atoms with Crippen LogP contribution in [0.25, 0.3) is 22.5 Å². The fraction of sp³-hybridized carbons (Fsp3) is 0.150. The number of hydrogen-bond donors (Lipinski definition) is 0. The molecule has 1 aliphatic heterocycles. The third-order valence-electron chi connectivity index (χ3n) is 9.11. The second kappa shape index (κ2) is 12.7. The normalized spacial score (nSPS) is 15.4. The van der Waals surface area contributed by atoms with Crippen LogP contribution in [0.1, 0.15) is 40.3 Å². The highest BCUT2D eigenvalue weighted by Crippen LogP contribution is 2.43. The highest BCUT2D eigenvalue weighted by atomic mass is 127. The number of aromatic nitrogens is 1. The van der Waals surface area contributed by atoms with Crippen molar-refractivity contribution in [3.05, 3.63) is 160 Å². The molecule has 48 heavy (non-hydrogen) atoms. The van der Waals surface area contributed by atoms with Crippen molar-refractivity contribution in [1.82, 2.24) is 4.57 Å². The number of methoxy groups -OCH3 is 2. The molecule has 238 valence electrons. The Hall–Kier alpha value is -4.67. The SMILES string of the molecule is COc1ccccc1[C@H]1C2=C(N=c3s/c(=C\c4cc(I)c(OCc5cccc6ccccc56)c(OC)c4)c(=O)n31)c1ccccc1CC2. The summed E-state index contributed by atoms with van der Waals surface area (Å²) in [7, 11) is 3.32. The number of rotatable bonds is 7. The lowest BCUT2D eigenvalue weighted by atomic mass is 9.83. The zero-order valence-corrected chi connectivity index (χ0v) is 29.4. The first-order valence-corrected chi connectivity index (χ1v) is 17.7. The number of fused-ring (bicyclic) bond motifs is 4. The third-order valence-corrected chi connectivity index (χ3v) is 10.9. The lowest BCUT2D eigenvalue weighted by molar-refractivity contribution is 0.283. The quantitative estimate of drug-likeness (QED) is 0.157. The standard InChI is InChI=1S/C40H31IN2O4S/c1-45-33-17-8-7-16-30(33)37-31-19-18-26-11-4-6-15-29(26)36(31)42-40-43(37)39(44)35(48-40)22-24-20-32(41)38(34(21-24)46-2)47-23-27-13-9-12-25-10-3-5-14-28(25)27/h3-17,20-22,37H,18-19,23H2,1-2H3/b35-22-/t37-/m0/s1. The highest BCUT2D eigenvalue weighted by molar-refractivity contribution is 14.1. The van der Waals surface area contributed by atoms with Crippen LogP contribution in [0.5, 0.6) is 17.2 Å². The Bertz CT molecular complexity index is 2440. The highest BCUT2D eigenvalue weighted by Gasteiger charge is 2.34. The van der Waals surface area contributed by atoms with Gasteiger partial charge in [0.2, 0.25) is 0 Å². The molecule has 0 unspecified atom stereocenters. The van der Waals surface area contributed by atoms with E-state index >= 15 is 0 Å². The molecule has 1 atom stereocenters. The van der Waals surface area contributed by atoms with Gasteiger partial charge >= 0.3 is 0 Å². The van der Waals surface area contributed by atoms with Gasteiger partial charge in [0.1, 0.15) is 12.4 Å². The second-order valence-electron chi connectivity index (χ2n) is 11.8. The summed E-state index contributed by atoms with van der Waals surface area (Å²) in [5, 5.41) is 2.34. The molecule has 0 fully saturated rings. The van der Waals surface area contributed by atoms with Crippen LogP contribution in [0.15, 0.2) is 118 Å². The van der Waals surface area contributed by atoms with E-state index in [0.29, 0.717) is 27.4 Å². The molecule has 0 bridgehead atoms. The fourth-order valence-electron chi connectivity index (χ4n) is 6.87. The molecule has 0 saturated carbocycles. The molecule has 0 N–H and O–H groups in total. The lowest BCUT2D eigenvalue weighted by Gasteiger charge is -2.31. The molecule has 2 heterocycles. The number of ether oxygens (including phenoxy) is 3. The van der Waals surface area contributed by atoms with Crippen molar-refractivity contribution in [2.75, 3.05) is 14.2 Å². The van der Waals surface area contributed by atoms with Crippen LogP contribution in [-0.2, 0) is 13.0 Å².